The van der Waals surface area contributed by atoms with Crippen molar-refractivity contribution in [3.05, 3.63) is 46.1 Å². The van der Waals surface area contributed by atoms with Crippen molar-refractivity contribution in [3.63, 3.8) is 0 Å². The third-order valence-corrected chi connectivity index (χ3v) is 4.82. The molecule has 1 heterocycles. The van der Waals surface area contributed by atoms with E-state index in [-0.39, 0.29) is 11.2 Å². The Bertz CT molecular complexity index is 645. The summed E-state index contributed by atoms with van der Waals surface area (Å²) in [4.78, 5) is 11.9. The molecule has 4 nitrogen and oxygen atoms in total. The highest BCUT2D eigenvalue weighted by atomic mass is 35.5. The number of carbonyl (C=O) groups excluding carboxylic acids is 1. The molecular formula is C14H15Cl2N3OS. The van der Waals surface area contributed by atoms with E-state index >= 15 is 0 Å². The zero-order chi connectivity index (χ0) is 15.4. The van der Waals surface area contributed by atoms with Gasteiger partial charge in [-0.1, -0.05) is 35.3 Å². The predicted molar refractivity (Wildman–Crippen MR) is 89.4 cm³/mol. The van der Waals surface area contributed by atoms with E-state index in [2.05, 4.69) is 10.4 Å². The van der Waals surface area contributed by atoms with Crippen LogP contribution in [0.25, 0.3) is 0 Å². The van der Waals surface area contributed by atoms with Gasteiger partial charge in [-0.3, -0.25) is 4.79 Å². The number of hydrogen-bond donors (Lipinski definition) is 1. The van der Waals surface area contributed by atoms with Crippen LogP contribution in [0.15, 0.2) is 30.5 Å². The summed E-state index contributed by atoms with van der Waals surface area (Å²) in [5.41, 5.74) is 0.848. The van der Waals surface area contributed by atoms with Gasteiger partial charge in [-0.25, -0.2) is 4.68 Å². The van der Waals surface area contributed by atoms with Crippen LogP contribution >= 0.6 is 35.0 Å². The van der Waals surface area contributed by atoms with Gasteiger partial charge in [0.2, 0.25) is 5.91 Å². The van der Waals surface area contributed by atoms with Crippen LogP contribution in [0.1, 0.15) is 12.5 Å². The number of anilines is 1. The van der Waals surface area contributed by atoms with E-state index in [9.17, 15) is 4.79 Å². The van der Waals surface area contributed by atoms with Gasteiger partial charge in [0.05, 0.1) is 28.0 Å². The molecule has 1 unspecified atom stereocenters. The number of rotatable bonds is 5. The first-order valence-electron chi connectivity index (χ1n) is 6.31. The van der Waals surface area contributed by atoms with Crippen molar-refractivity contribution in [3.8, 4) is 0 Å². The Hall–Kier alpha value is -1.17. The van der Waals surface area contributed by atoms with Crippen molar-refractivity contribution < 1.29 is 4.79 Å². The Labute approximate surface area is 137 Å². The van der Waals surface area contributed by atoms with Crippen molar-refractivity contribution in [2.75, 3.05) is 11.6 Å². The molecule has 0 spiro atoms. The van der Waals surface area contributed by atoms with E-state index in [1.54, 1.807) is 23.0 Å². The first kappa shape index (κ1) is 16.2. The molecular weight excluding hydrogens is 329 g/mol. The molecule has 0 saturated heterocycles. The van der Waals surface area contributed by atoms with Gasteiger partial charge in [0.25, 0.3) is 0 Å². The van der Waals surface area contributed by atoms with Crippen LogP contribution in [0, 0.1) is 0 Å². The first-order chi connectivity index (χ1) is 10.0. The second-order valence-corrected chi connectivity index (χ2v) is 6.42. The van der Waals surface area contributed by atoms with E-state index in [1.807, 2.05) is 25.3 Å². The number of amides is 1. The Morgan fingerprint density at radius 3 is 2.90 bits per heavy atom. The minimum absolute atomic E-state index is 0.0542. The largest absolute Gasteiger partial charge is 0.310 e. The maximum absolute atomic E-state index is 11.9. The summed E-state index contributed by atoms with van der Waals surface area (Å²) >= 11 is 13.7. The van der Waals surface area contributed by atoms with Crippen LogP contribution in [0.4, 0.5) is 5.82 Å². The van der Waals surface area contributed by atoms with Gasteiger partial charge >= 0.3 is 0 Å². The molecule has 1 N–H and O–H groups in total. The number of hydrogen-bond acceptors (Lipinski definition) is 3. The number of nitrogens with zero attached hydrogens (tertiary/aromatic N) is 2. The topological polar surface area (TPSA) is 46.9 Å². The highest BCUT2D eigenvalue weighted by Gasteiger charge is 2.14. The van der Waals surface area contributed by atoms with Gasteiger partial charge in [0.1, 0.15) is 5.82 Å². The van der Waals surface area contributed by atoms with Gasteiger partial charge in [0, 0.05) is 6.07 Å². The molecule has 2 rings (SSSR count). The van der Waals surface area contributed by atoms with Crippen LogP contribution in [0.3, 0.4) is 0 Å². The van der Waals surface area contributed by atoms with Gasteiger partial charge < -0.3 is 5.32 Å². The van der Waals surface area contributed by atoms with Crippen molar-refractivity contribution in [1.82, 2.24) is 9.78 Å². The number of benzene rings is 1. The number of aromatic nitrogens is 2. The summed E-state index contributed by atoms with van der Waals surface area (Å²) < 4.78 is 1.68. The standard InChI is InChI=1S/C14H15Cl2N3OS/c1-9(21-2)14(20)18-12-6-7-17-19(12)8-10-4-3-5-11(15)13(10)16/h3-7,9H,8H2,1-2H3,(H,18,20). The minimum Gasteiger partial charge on any atom is -0.310 e. The molecule has 0 aliphatic carbocycles. The SMILES string of the molecule is CSC(C)C(=O)Nc1ccnn1Cc1cccc(Cl)c1Cl. The fraction of sp³-hybridized carbons (Fsp3) is 0.286. The lowest BCUT2D eigenvalue weighted by Crippen LogP contribution is -2.24. The summed E-state index contributed by atoms with van der Waals surface area (Å²) in [5, 5.41) is 7.96. The average Bonchev–Trinajstić information content (AvgIpc) is 2.90. The van der Waals surface area contributed by atoms with E-state index in [0.717, 1.165) is 5.56 Å². The number of carbonyl (C=O) groups is 1. The number of halogens is 2. The third kappa shape index (κ3) is 3.93. The molecule has 1 aromatic carbocycles. The molecule has 0 fully saturated rings. The van der Waals surface area contributed by atoms with Gasteiger partial charge in [0.15, 0.2) is 0 Å². The zero-order valence-corrected chi connectivity index (χ0v) is 14.0. The summed E-state index contributed by atoms with van der Waals surface area (Å²) in [7, 11) is 0. The van der Waals surface area contributed by atoms with Gasteiger partial charge in [-0.2, -0.15) is 16.9 Å². The lowest BCUT2D eigenvalue weighted by Gasteiger charge is -2.12. The van der Waals surface area contributed by atoms with Crippen LogP contribution in [-0.4, -0.2) is 27.2 Å². The van der Waals surface area contributed by atoms with E-state index in [4.69, 9.17) is 23.2 Å². The normalized spacial score (nSPS) is 12.2. The number of thioether (sulfide) groups is 1. The van der Waals surface area contributed by atoms with Gasteiger partial charge in [-0.05, 0) is 24.8 Å². The Kier molecular flexibility index (Phi) is 5.56. The maximum atomic E-state index is 11.9. The molecule has 112 valence electrons. The van der Waals surface area contributed by atoms with Crippen LogP contribution < -0.4 is 5.32 Å². The monoisotopic (exact) mass is 343 g/mol. The molecule has 2 aromatic rings. The Morgan fingerprint density at radius 2 is 2.19 bits per heavy atom. The molecule has 0 bridgehead atoms. The molecule has 1 aromatic heterocycles. The first-order valence-corrected chi connectivity index (χ1v) is 8.35. The molecule has 0 saturated carbocycles. The lowest BCUT2D eigenvalue weighted by atomic mass is 10.2. The van der Waals surface area contributed by atoms with Crippen LogP contribution in [-0.2, 0) is 11.3 Å². The second kappa shape index (κ2) is 7.20. The summed E-state index contributed by atoms with van der Waals surface area (Å²) in [6, 6.07) is 7.20. The Balaban J connectivity index is 2.17. The second-order valence-electron chi connectivity index (χ2n) is 4.45. The minimum atomic E-state index is -0.122. The lowest BCUT2D eigenvalue weighted by molar-refractivity contribution is -0.115. The zero-order valence-electron chi connectivity index (χ0n) is 11.6. The van der Waals surface area contributed by atoms with E-state index < -0.39 is 0 Å². The van der Waals surface area contributed by atoms with Gasteiger partial charge in [-0.15, -0.1) is 0 Å². The summed E-state index contributed by atoms with van der Waals surface area (Å²) in [5.74, 6) is 0.582. The highest BCUT2D eigenvalue weighted by molar-refractivity contribution is 7.99. The molecule has 0 aliphatic heterocycles. The summed E-state index contributed by atoms with van der Waals surface area (Å²) in [6.07, 6.45) is 3.53. The molecule has 0 aliphatic rings. The quantitative estimate of drug-likeness (QED) is 0.894. The summed E-state index contributed by atoms with van der Waals surface area (Å²) in [6.45, 7) is 2.30. The molecule has 1 amide bonds. The third-order valence-electron chi connectivity index (χ3n) is 3.04. The van der Waals surface area contributed by atoms with Crippen molar-refractivity contribution in [2.24, 2.45) is 0 Å². The number of nitrogens with one attached hydrogen (secondary N) is 1. The fourth-order valence-electron chi connectivity index (χ4n) is 1.73. The van der Waals surface area contributed by atoms with Crippen LogP contribution in [0.2, 0.25) is 10.0 Å². The van der Waals surface area contributed by atoms with E-state index in [0.29, 0.717) is 22.4 Å². The molecule has 0 radical (unpaired) electrons. The van der Waals surface area contributed by atoms with E-state index in [1.165, 1.54) is 11.8 Å². The Morgan fingerprint density at radius 1 is 1.43 bits per heavy atom. The highest BCUT2D eigenvalue weighted by Crippen LogP contribution is 2.26. The molecule has 21 heavy (non-hydrogen) atoms. The smallest absolute Gasteiger partial charge is 0.238 e. The predicted octanol–water partition coefficient (Wildman–Crippen LogP) is 3.93. The van der Waals surface area contributed by atoms with Crippen LogP contribution in [0.5, 0.6) is 0 Å². The van der Waals surface area contributed by atoms with Crippen molar-refractivity contribution >= 4 is 46.7 Å². The van der Waals surface area contributed by atoms with Crippen molar-refractivity contribution in [2.45, 2.75) is 18.7 Å². The maximum Gasteiger partial charge on any atom is 0.238 e. The van der Waals surface area contributed by atoms with Crippen molar-refractivity contribution in [1.29, 1.82) is 0 Å². The molecule has 1 atom stereocenters. The average molecular weight is 344 g/mol. The fourth-order valence-corrected chi connectivity index (χ4v) is 2.38. The molecule has 7 heteroatoms.